The van der Waals surface area contributed by atoms with Gasteiger partial charge in [0.1, 0.15) is 0 Å². The van der Waals surface area contributed by atoms with E-state index in [4.69, 9.17) is 0 Å². The van der Waals surface area contributed by atoms with Gasteiger partial charge in [0, 0.05) is 23.9 Å². The first kappa shape index (κ1) is 14.5. The number of aliphatic hydroxyl groups is 1. The summed E-state index contributed by atoms with van der Waals surface area (Å²) in [6.45, 7) is 7.53. The Morgan fingerprint density at radius 2 is 2.37 bits per heavy atom. The SMILES string of the molecule is CCCc1cc(C(=O)N2CCC(C(C)O)C2)sc1C. The van der Waals surface area contributed by atoms with E-state index in [1.165, 1.54) is 10.4 Å². The third kappa shape index (κ3) is 3.18. The maximum absolute atomic E-state index is 12.4. The molecular formula is C15H23NO2S. The topological polar surface area (TPSA) is 40.5 Å². The minimum Gasteiger partial charge on any atom is -0.393 e. The number of likely N-dealkylation sites (tertiary alicyclic amines) is 1. The number of carbonyl (C=O) groups is 1. The Morgan fingerprint density at radius 3 is 2.95 bits per heavy atom. The first-order valence-electron chi connectivity index (χ1n) is 7.09. The van der Waals surface area contributed by atoms with Crippen molar-refractivity contribution in [3.63, 3.8) is 0 Å². The highest BCUT2D eigenvalue weighted by atomic mass is 32.1. The fraction of sp³-hybridized carbons (Fsp3) is 0.667. The Hall–Kier alpha value is -0.870. The number of carbonyl (C=O) groups excluding carboxylic acids is 1. The van der Waals surface area contributed by atoms with E-state index in [-0.39, 0.29) is 17.9 Å². The number of hydrogen-bond donors (Lipinski definition) is 1. The van der Waals surface area contributed by atoms with Crippen molar-refractivity contribution in [3.8, 4) is 0 Å². The summed E-state index contributed by atoms with van der Waals surface area (Å²) in [4.78, 5) is 16.4. The molecule has 0 spiro atoms. The molecule has 1 amide bonds. The molecule has 4 heteroatoms. The summed E-state index contributed by atoms with van der Waals surface area (Å²) < 4.78 is 0. The molecule has 2 unspecified atom stereocenters. The molecule has 2 atom stereocenters. The number of amides is 1. The van der Waals surface area contributed by atoms with Crippen LogP contribution in [0.15, 0.2) is 6.07 Å². The van der Waals surface area contributed by atoms with E-state index in [2.05, 4.69) is 19.9 Å². The van der Waals surface area contributed by atoms with Gasteiger partial charge in [-0.1, -0.05) is 13.3 Å². The Labute approximate surface area is 119 Å². The van der Waals surface area contributed by atoms with Crippen LogP contribution in [0.3, 0.4) is 0 Å². The Kier molecular flexibility index (Phi) is 4.63. The van der Waals surface area contributed by atoms with Gasteiger partial charge in [-0.05, 0) is 38.3 Å². The molecule has 1 fully saturated rings. The molecule has 0 radical (unpaired) electrons. The van der Waals surface area contributed by atoms with Gasteiger partial charge in [0.15, 0.2) is 0 Å². The average Bonchev–Trinajstić information content (AvgIpc) is 2.97. The lowest BCUT2D eigenvalue weighted by Gasteiger charge is -2.16. The summed E-state index contributed by atoms with van der Waals surface area (Å²) in [5.74, 6) is 0.374. The molecule has 0 aliphatic carbocycles. The molecule has 0 bridgehead atoms. The van der Waals surface area contributed by atoms with E-state index in [0.717, 1.165) is 30.7 Å². The van der Waals surface area contributed by atoms with Crippen molar-refractivity contribution in [1.29, 1.82) is 0 Å². The predicted molar refractivity (Wildman–Crippen MR) is 78.7 cm³/mol. The van der Waals surface area contributed by atoms with Crippen molar-refractivity contribution < 1.29 is 9.90 Å². The quantitative estimate of drug-likeness (QED) is 0.922. The average molecular weight is 281 g/mol. The zero-order chi connectivity index (χ0) is 14.0. The monoisotopic (exact) mass is 281 g/mol. The van der Waals surface area contributed by atoms with Gasteiger partial charge in [-0.25, -0.2) is 0 Å². The normalized spacial score (nSPS) is 20.8. The smallest absolute Gasteiger partial charge is 0.263 e. The molecule has 1 aromatic heterocycles. The lowest BCUT2D eigenvalue weighted by atomic mass is 10.0. The van der Waals surface area contributed by atoms with Crippen LogP contribution in [-0.2, 0) is 6.42 Å². The van der Waals surface area contributed by atoms with Gasteiger partial charge in [0.05, 0.1) is 11.0 Å². The molecule has 0 saturated carbocycles. The first-order valence-corrected chi connectivity index (χ1v) is 7.91. The van der Waals surface area contributed by atoms with Crippen LogP contribution in [0.5, 0.6) is 0 Å². The highest BCUT2D eigenvalue weighted by Crippen LogP contribution is 2.27. The summed E-state index contributed by atoms with van der Waals surface area (Å²) in [6.07, 6.45) is 2.75. The van der Waals surface area contributed by atoms with Gasteiger partial charge in [-0.3, -0.25) is 4.79 Å². The molecule has 2 rings (SSSR count). The van der Waals surface area contributed by atoms with E-state index < -0.39 is 0 Å². The van der Waals surface area contributed by atoms with Crippen molar-refractivity contribution >= 4 is 17.2 Å². The lowest BCUT2D eigenvalue weighted by Crippen LogP contribution is -2.29. The van der Waals surface area contributed by atoms with Crippen molar-refractivity contribution in [2.24, 2.45) is 5.92 Å². The van der Waals surface area contributed by atoms with Crippen LogP contribution in [0.25, 0.3) is 0 Å². The molecule has 1 N–H and O–H groups in total. The molecular weight excluding hydrogens is 258 g/mol. The molecule has 0 aromatic carbocycles. The van der Waals surface area contributed by atoms with Crippen LogP contribution in [-0.4, -0.2) is 35.1 Å². The second-order valence-corrected chi connectivity index (χ2v) is 6.74. The van der Waals surface area contributed by atoms with E-state index in [9.17, 15) is 9.90 Å². The van der Waals surface area contributed by atoms with Crippen LogP contribution >= 0.6 is 11.3 Å². The van der Waals surface area contributed by atoms with Crippen LogP contribution in [0.1, 0.15) is 46.8 Å². The summed E-state index contributed by atoms with van der Waals surface area (Å²) in [5, 5.41) is 9.61. The van der Waals surface area contributed by atoms with Crippen LogP contribution in [0.4, 0.5) is 0 Å². The number of nitrogens with zero attached hydrogens (tertiary/aromatic N) is 1. The zero-order valence-corrected chi connectivity index (χ0v) is 12.8. The highest BCUT2D eigenvalue weighted by Gasteiger charge is 2.30. The summed E-state index contributed by atoms with van der Waals surface area (Å²) in [5.41, 5.74) is 1.31. The minimum atomic E-state index is -0.321. The second kappa shape index (κ2) is 6.06. The predicted octanol–water partition coefficient (Wildman–Crippen LogP) is 2.85. The standard InChI is InChI=1S/C15H23NO2S/c1-4-5-12-8-14(19-11(12)3)15(18)16-7-6-13(9-16)10(2)17/h8,10,13,17H,4-7,9H2,1-3H3. The number of aliphatic hydroxyl groups excluding tert-OH is 1. The second-order valence-electron chi connectivity index (χ2n) is 5.48. The van der Waals surface area contributed by atoms with Crippen molar-refractivity contribution in [2.75, 3.05) is 13.1 Å². The minimum absolute atomic E-state index is 0.138. The third-order valence-corrected chi connectivity index (χ3v) is 5.03. The number of hydrogen-bond acceptors (Lipinski definition) is 3. The summed E-state index contributed by atoms with van der Waals surface area (Å²) in [6, 6.07) is 2.06. The van der Waals surface area contributed by atoms with Gasteiger partial charge >= 0.3 is 0 Å². The zero-order valence-electron chi connectivity index (χ0n) is 12.0. The molecule has 106 valence electrons. The maximum Gasteiger partial charge on any atom is 0.263 e. The molecule has 19 heavy (non-hydrogen) atoms. The molecule has 3 nitrogen and oxygen atoms in total. The lowest BCUT2D eigenvalue weighted by molar-refractivity contribution is 0.0767. The van der Waals surface area contributed by atoms with E-state index in [1.807, 2.05) is 11.8 Å². The van der Waals surface area contributed by atoms with Gasteiger partial charge < -0.3 is 10.0 Å². The highest BCUT2D eigenvalue weighted by molar-refractivity contribution is 7.14. The van der Waals surface area contributed by atoms with Crippen LogP contribution in [0.2, 0.25) is 0 Å². The van der Waals surface area contributed by atoms with Crippen molar-refractivity contribution in [2.45, 2.75) is 46.1 Å². The van der Waals surface area contributed by atoms with Crippen molar-refractivity contribution in [1.82, 2.24) is 4.90 Å². The van der Waals surface area contributed by atoms with Crippen LogP contribution < -0.4 is 0 Å². The van der Waals surface area contributed by atoms with Gasteiger partial charge in [-0.2, -0.15) is 0 Å². The van der Waals surface area contributed by atoms with Gasteiger partial charge in [-0.15, -0.1) is 11.3 Å². The Morgan fingerprint density at radius 1 is 1.63 bits per heavy atom. The molecule has 2 heterocycles. The molecule has 1 aliphatic rings. The number of rotatable bonds is 4. The number of aryl methyl sites for hydroxylation is 2. The Bertz CT molecular complexity index is 453. The van der Waals surface area contributed by atoms with Gasteiger partial charge in [0.2, 0.25) is 0 Å². The third-order valence-electron chi connectivity index (χ3n) is 3.94. The molecule has 1 aromatic rings. The fourth-order valence-electron chi connectivity index (χ4n) is 2.66. The Balaban J connectivity index is 2.06. The van der Waals surface area contributed by atoms with Crippen LogP contribution in [0, 0.1) is 12.8 Å². The van der Waals surface area contributed by atoms with E-state index in [0.29, 0.717) is 6.54 Å². The maximum atomic E-state index is 12.4. The summed E-state index contributed by atoms with van der Waals surface area (Å²) in [7, 11) is 0. The van der Waals surface area contributed by atoms with E-state index in [1.54, 1.807) is 11.3 Å². The molecule has 1 saturated heterocycles. The van der Waals surface area contributed by atoms with E-state index >= 15 is 0 Å². The largest absolute Gasteiger partial charge is 0.393 e. The fourth-order valence-corrected chi connectivity index (χ4v) is 3.70. The van der Waals surface area contributed by atoms with Gasteiger partial charge in [0.25, 0.3) is 5.91 Å². The first-order chi connectivity index (χ1) is 9.02. The summed E-state index contributed by atoms with van der Waals surface area (Å²) >= 11 is 1.61. The number of thiophene rings is 1. The molecule has 1 aliphatic heterocycles. The van der Waals surface area contributed by atoms with Crippen molar-refractivity contribution in [3.05, 3.63) is 21.4 Å².